The molecule has 0 aliphatic heterocycles. The molecule has 2 heteroatoms. The van der Waals surface area contributed by atoms with Gasteiger partial charge in [-0.15, -0.1) is 0 Å². The molecule has 0 amide bonds. The first-order valence-corrected chi connectivity index (χ1v) is 6.01. The van der Waals surface area contributed by atoms with Crippen LogP contribution in [-0.4, -0.2) is 12.1 Å². The van der Waals surface area contributed by atoms with Crippen LogP contribution in [0.5, 0.6) is 0 Å². The van der Waals surface area contributed by atoms with Crippen LogP contribution < -0.4 is 0 Å². The van der Waals surface area contributed by atoms with Gasteiger partial charge in [0.15, 0.2) is 5.78 Å². The van der Waals surface area contributed by atoms with Crippen molar-refractivity contribution in [2.24, 2.45) is 11.3 Å². The monoisotopic (exact) mass is 232 g/mol. The predicted molar refractivity (Wildman–Crippen MR) is 69.6 cm³/mol. The average molecular weight is 232 g/mol. The van der Waals surface area contributed by atoms with Crippen molar-refractivity contribution >= 4 is 12.1 Å². The second-order valence-electron chi connectivity index (χ2n) is 4.94. The maximum Gasteiger partial charge on any atom is 0.156 e. The van der Waals surface area contributed by atoms with Gasteiger partial charge in [-0.1, -0.05) is 36.8 Å². The summed E-state index contributed by atoms with van der Waals surface area (Å²) in [6.07, 6.45) is 11.7. The Balaban J connectivity index is 2.70. The van der Waals surface area contributed by atoms with Crippen molar-refractivity contribution < 1.29 is 9.59 Å². The first-order chi connectivity index (χ1) is 8.01. The number of hydrogen-bond donors (Lipinski definition) is 0. The van der Waals surface area contributed by atoms with Crippen molar-refractivity contribution in [3.05, 3.63) is 36.0 Å². The second kappa shape index (κ2) is 5.76. The van der Waals surface area contributed by atoms with Gasteiger partial charge in [0.2, 0.25) is 0 Å². The Hall–Kier alpha value is -1.44. The molecule has 17 heavy (non-hydrogen) atoms. The van der Waals surface area contributed by atoms with Crippen LogP contribution in [0.4, 0.5) is 0 Å². The molecule has 2 atom stereocenters. The van der Waals surface area contributed by atoms with Gasteiger partial charge in [0.1, 0.15) is 6.29 Å². The summed E-state index contributed by atoms with van der Waals surface area (Å²) in [4.78, 5) is 22.5. The predicted octanol–water partition coefficient (Wildman–Crippen LogP) is 3.25. The molecule has 0 bridgehead atoms. The quantitative estimate of drug-likeness (QED) is 0.538. The Labute approximate surface area is 103 Å². The molecule has 0 spiro atoms. The molecule has 1 rings (SSSR count). The van der Waals surface area contributed by atoms with Gasteiger partial charge in [0, 0.05) is 6.42 Å². The van der Waals surface area contributed by atoms with E-state index in [9.17, 15) is 9.59 Å². The smallest absolute Gasteiger partial charge is 0.156 e. The summed E-state index contributed by atoms with van der Waals surface area (Å²) in [7, 11) is 0. The van der Waals surface area contributed by atoms with Crippen molar-refractivity contribution in [1.82, 2.24) is 0 Å². The highest BCUT2D eigenvalue weighted by Crippen LogP contribution is 2.38. The van der Waals surface area contributed by atoms with Crippen LogP contribution in [0.25, 0.3) is 0 Å². The van der Waals surface area contributed by atoms with E-state index in [1.807, 2.05) is 32.1 Å². The Morgan fingerprint density at radius 2 is 2.18 bits per heavy atom. The zero-order valence-corrected chi connectivity index (χ0v) is 10.8. The summed E-state index contributed by atoms with van der Waals surface area (Å²) < 4.78 is 0. The van der Waals surface area contributed by atoms with Crippen LogP contribution >= 0.6 is 0 Å². The van der Waals surface area contributed by atoms with Crippen LogP contribution in [0.15, 0.2) is 36.0 Å². The summed E-state index contributed by atoms with van der Waals surface area (Å²) >= 11 is 0. The van der Waals surface area contributed by atoms with Gasteiger partial charge in [-0.25, -0.2) is 0 Å². The fourth-order valence-corrected chi connectivity index (χ4v) is 2.07. The van der Waals surface area contributed by atoms with Gasteiger partial charge in [-0.05, 0) is 32.3 Å². The summed E-state index contributed by atoms with van der Waals surface area (Å²) in [5.74, 6) is 0.404. The van der Waals surface area contributed by atoms with Gasteiger partial charge < -0.3 is 4.79 Å². The SMILES string of the molecule is C/C=C/C=C\[C@@H](C)CC1=CC(=O)C[C@]1(C)C=O. The fraction of sp³-hybridized carbons (Fsp3) is 0.467. The molecule has 0 saturated heterocycles. The zero-order chi connectivity index (χ0) is 12.9. The Kier molecular flexibility index (Phi) is 4.62. The van der Waals surface area contributed by atoms with Crippen molar-refractivity contribution in [2.45, 2.75) is 33.6 Å². The molecule has 0 heterocycles. The number of carbonyl (C=O) groups excluding carboxylic acids is 2. The van der Waals surface area contributed by atoms with Crippen molar-refractivity contribution in [3.8, 4) is 0 Å². The first kappa shape index (κ1) is 13.6. The lowest BCUT2D eigenvalue weighted by atomic mass is 9.81. The van der Waals surface area contributed by atoms with Crippen LogP contribution in [0.3, 0.4) is 0 Å². The first-order valence-electron chi connectivity index (χ1n) is 6.01. The molecular weight excluding hydrogens is 212 g/mol. The maximum absolute atomic E-state index is 11.4. The molecule has 0 radical (unpaired) electrons. The van der Waals surface area contributed by atoms with Crippen LogP contribution in [-0.2, 0) is 9.59 Å². The number of carbonyl (C=O) groups is 2. The third-order valence-electron chi connectivity index (χ3n) is 3.16. The van der Waals surface area contributed by atoms with E-state index < -0.39 is 5.41 Å². The average Bonchev–Trinajstić information content (AvgIpc) is 2.55. The van der Waals surface area contributed by atoms with E-state index in [0.717, 1.165) is 18.3 Å². The highest BCUT2D eigenvalue weighted by molar-refractivity contribution is 5.98. The van der Waals surface area contributed by atoms with Crippen molar-refractivity contribution in [1.29, 1.82) is 0 Å². The Morgan fingerprint density at radius 3 is 2.76 bits per heavy atom. The number of aldehydes is 1. The number of hydrogen-bond acceptors (Lipinski definition) is 2. The van der Waals surface area contributed by atoms with E-state index in [2.05, 4.69) is 13.0 Å². The molecule has 0 saturated carbocycles. The molecule has 0 aromatic heterocycles. The molecular formula is C15H20O2. The number of ketones is 1. The second-order valence-corrected chi connectivity index (χ2v) is 4.94. The van der Waals surface area contributed by atoms with Crippen LogP contribution in [0, 0.1) is 11.3 Å². The highest BCUT2D eigenvalue weighted by atomic mass is 16.1. The summed E-state index contributed by atoms with van der Waals surface area (Å²) in [5.41, 5.74) is 0.398. The van der Waals surface area contributed by atoms with Crippen molar-refractivity contribution in [3.63, 3.8) is 0 Å². The van der Waals surface area contributed by atoms with Gasteiger partial charge >= 0.3 is 0 Å². The number of allylic oxidation sites excluding steroid dienone is 6. The minimum Gasteiger partial charge on any atom is -0.302 e. The third-order valence-corrected chi connectivity index (χ3v) is 3.16. The molecule has 0 unspecified atom stereocenters. The van der Waals surface area contributed by atoms with E-state index >= 15 is 0 Å². The molecule has 1 aliphatic carbocycles. The largest absolute Gasteiger partial charge is 0.302 e. The molecule has 0 aromatic rings. The zero-order valence-electron chi connectivity index (χ0n) is 10.8. The normalized spacial score (nSPS) is 26.8. The molecule has 2 nitrogen and oxygen atoms in total. The van der Waals surface area contributed by atoms with Gasteiger partial charge in [0.05, 0.1) is 5.41 Å². The minimum atomic E-state index is -0.570. The summed E-state index contributed by atoms with van der Waals surface area (Å²) in [6.45, 7) is 5.91. The summed E-state index contributed by atoms with van der Waals surface area (Å²) in [6, 6.07) is 0. The number of rotatable bonds is 5. The fourth-order valence-electron chi connectivity index (χ4n) is 2.07. The van der Waals surface area contributed by atoms with Gasteiger partial charge in [-0.2, -0.15) is 0 Å². The topological polar surface area (TPSA) is 34.1 Å². The lowest BCUT2D eigenvalue weighted by molar-refractivity contribution is -0.120. The van der Waals surface area contributed by atoms with Gasteiger partial charge in [-0.3, -0.25) is 4.79 Å². The lowest BCUT2D eigenvalue weighted by Gasteiger charge is -2.21. The third kappa shape index (κ3) is 3.52. The van der Waals surface area contributed by atoms with Crippen LogP contribution in [0.1, 0.15) is 33.6 Å². The van der Waals surface area contributed by atoms with E-state index in [4.69, 9.17) is 0 Å². The molecule has 0 aromatic carbocycles. The Morgan fingerprint density at radius 1 is 1.47 bits per heavy atom. The highest BCUT2D eigenvalue weighted by Gasteiger charge is 2.36. The minimum absolute atomic E-state index is 0.0687. The molecule has 0 N–H and O–H groups in total. The van der Waals surface area contributed by atoms with Crippen molar-refractivity contribution in [2.75, 3.05) is 0 Å². The lowest BCUT2D eigenvalue weighted by Crippen LogP contribution is -2.19. The molecule has 1 aliphatic rings. The maximum atomic E-state index is 11.4. The van der Waals surface area contributed by atoms with E-state index in [1.165, 1.54) is 0 Å². The van der Waals surface area contributed by atoms with E-state index in [0.29, 0.717) is 12.3 Å². The standard InChI is InChI=1S/C15H20O2/c1-4-5-6-7-12(2)8-13-9-14(17)10-15(13,3)11-16/h4-7,9,11-12H,8,10H2,1-3H3/b5-4+,7-6-/t12-,15-/m1/s1. The van der Waals surface area contributed by atoms with Crippen LogP contribution in [0.2, 0.25) is 0 Å². The Bertz CT molecular complexity index is 388. The molecule has 92 valence electrons. The summed E-state index contributed by atoms with van der Waals surface area (Å²) in [5, 5.41) is 0. The van der Waals surface area contributed by atoms with E-state index in [-0.39, 0.29) is 5.78 Å². The molecule has 0 fully saturated rings. The van der Waals surface area contributed by atoms with Gasteiger partial charge in [0.25, 0.3) is 0 Å². The van der Waals surface area contributed by atoms with E-state index in [1.54, 1.807) is 6.08 Å².